The van der Waals surface area contributed by atoms with Crippen molar-refractivity contribution in [2.45, 2.75) is 64.7 Å². The molecule has 112 valence electrons. The Morgan fingerprint density at radius 2 is 2.21 bits per heavy atom. The van der Waals surface area contributed by atoms with Crippen LogP contribution >= 0.6 is 0 Å². The summed E-state index contributed by atoms with van der Waals surface area (Å²) in [6.07, 6.45) is 3.14. The van der Waals surface area contributed by atoms with Crippen LogP contribution in [0.15, 0.2) is 0 Å². The van der Waals surface area contributed by atoms with Crippen LogP contribution in [0.25, 0.3) is 0 Å². The van der Waals surface area contributed by atoms with Crippen LogP contribution in [0.3, 0.4) is 0 Å². The van der Waals surface area contributed by atoms with Gasteiger partial charge in [0, 0.05) is 25.7 Å². The Labute approximate surface area is 116 Å². The molecule has 1 amide bonds. The van der Waals surface area contributed by atoms with Crippen molar-refractivity contribution in [1.29, 1.82) is 0 Å². The first kappa shape index (κ1) is 16.2. The van der Waals surface area contributed by atoms with Gasteiger partial charge in [-0.3, -0.25) is 0 Å². The van der Waals surface area contributed by atoms with E-state index in [4.69, 9.17) is 9.47 Å². The highest BCUT2D eigenvalue weighted by Crippen LogP contribution is 2.10. The van der Waals surface area contributed by atoms with E-state index in [1.54, 1.807) is 0 Å². The van der Waals surface area contributed by atoms with Crippen molar-refractivity contribution in [3.63, 3.8) is 0 Å². The van der Waals surface area contributed by atoms with Gasteiger partial charge in [-0.2, -0.15) is 0 Å². The minimum atomic E-state index is -0.451. The Morgan fingerprint density at radius 1 is 1.47 bits per heavy atom. The molecular weight excluding hydrogens is 244 g/mol. The van der Waals surface area contributed by atoms with Gasteiger partial charge in [0.15, 0.2) is 0 Å². The fourth-order valence-corrected chi connectivity index (χ4v) is 2.00. The maximum absolute atomic E-state index is 11.7. The molecule has 0 bridgehead atoms. The molecule has 5 nitrogen and oxygen atoms in total. The average Bonchev–Trinajstić information content (AvgIpc) is 2.78. The molecule has 1 aliphatic rings. The highest BCUT2D eigenvalue weighted by Gasteiger charge is 2.19. The third-order valence-electron chi connectivity index (χ3n) is 3.00. The van der Waals surface area contributed by atoms with Gasteiger partial charge in [-0.15, -0.1) is 0 Å². The summed E-state index contributed by atoms with van der Waals surface area (Å²) in [6, 6.07) is 0.0938. The van der Waals surface area contributed by atoms with Gasteiger partial charge in [-0.25, -0.2) is 4.79 Å². The quantitative estimate of drug-likeness (QED) is 0.777. The van der Waals surface area contributed by atoms with Crippen LogP contribution in [-0.4, -0.2) is 43.5 Å². The van der Waals surface area contributed by atoms with Gasteiger partial charge in [0.1, 0.15) is 5.60 Å². The molecule has 1 heterocycles. The maximum Gasteiger partial charge on any atom is 0.407 e. The zero-order valence-corrected chi connectivity index (χ0v) is 12.6. The van der Waals surface area contributed by atoms with Crippen molar-refractivity contribution in [1.82, 2.24) is 10.6 Å². The normalized spacial score (nSPS) is 21.2. The second-order valence-electron chi connectivity index (χ2n) is 6.04. The van der Waals surface area contributed by atoms with E-state index < -0.39 is 5.60 Å². The summed E-state index contributed by atoms with van der Waals surface area (Å²) in [5.41, 5.74) is -0.451. The van der Waals surface area contributed by atoms with E-state index in [1.807, 2.05) is 20.8 Å². The number of rotatable bonds is 6. The van der Waals surface area contributed by atoms with E-state index in [9.17, 15) is 4.79 Å². The number of amides is 1. The summed E-state index contributed by atoms with van der Waals surface area (Å²) in [5, 5.41) is 6.24. The highest BCUT2D eigenvalue weighted by atomic mass is 16.6. The van der Waals surface area contributed by atoms with Crippen LogP contribution < -0.4 is 10.6 Å². The highest BCUT2D eigenvalue weighted by molar-refractivity contribution is 5.68. The second kappa shape index (κ2) is 7.70. The molecule has 0 saturated carbocycles. The van der Waals surface area contributed by atoms with E-state index >= 15 is 0 Å². The lowest BCUT2D eigenvalue weighted by atomic mass is 10.2. The van der Waals surface area contributed by atoms with Crippen LogP contribution in [-0.2, 0) is 9.47 Å². The molecule has 19 heavy (non-hydrogen) atoms. The van der Waals surface area contributed by atoms with Crippen molar-refractivity contribution in [3.8, 4) is 0 Å². The van der Waals surface area contributed by atoms with Crippen LogP contribution in [0.2, 0.25) is 0 Å². The number of alkyl carbamates (subject to hydrolysis) is 1. The predicted molar refractivity (Wildman–Crippen MR) is 75.3 cm³/mol. The molecule has 0 aromatic carbocycles. The van der Waals surface area contributed by atoms with Gasteiger partial charge >= 0.3 is 6.09 Å². The molecule has 1 aliphatic heterocycles. The number of hydrogen-bond acceptors (Lipinski definition) is 4. The summed E-state index contributed by atoms with van der Waals surface area (Å²) in [6.45, 7) is 10.1. The fourth-order valence-electron chi connectivity index (χ4n) is 2.00. The van der Waals surface area contributed by atoms with Crippen LogP contribution in [0.4, 0.5) is 4.79 Å². The Hall–Kier alpha value is -0.810. The van der Waals surface area contributed by atoms with Gasteiger partial charge < -0.3 is 20.1 Å². The molecule has 1 rings (SSSR count). The monoisotopic (exact) mass is 272 g/mol. The largest absolute Gasteiger partial charge is 0.444 e. The SMILES string of the molecule is CCC(CNCC1CCCO1)NC(=O)OC(C)(C)C. The minimum Gasteiger partial charge on any atom is -0.444 e. The predicted octanol–water partition coefficient (Wildman–Crippen LogP) is 2.06. The third-order valence-corrected chi connectivity index (χ3v) is 3.00. The molecule has 0 spiro atoms. The molecular formula is C14H28N2O3. The molecule has 2 unspecified atom stereocenters. The van der Waals surface area contributed by atoms with E-state index in [2.05, 4.69) is 17.6 Å². The molecule has 0 aliphatic carbocycles. The summed E-state index contributed by atoms with van der Waals surface area (Å²) < 4.78 is 10.8. The van der Waals surface area contributed by atoms with Crippen LogP contribution in [0.5, 0.6) is 0 Å². The Morgan fingerprint density at radius 3 is 2.74 bits per heavy atom. The molecule has 0 radical (unpaired) electrons. The van der Waals surface area contributed by atoms with Crippen LogP contribution in [0.1, 0.15) is 47.0 Å². The van der Waals surface area contributed by atoms with Gasteiger partial charge in [0.25, 0.3) is 0 Å². The Balaban J connectivity index is 2.19. The smallest absolute Gasteiger partial charge is 0.407 e. The summed E-state index contributed by atoms with van der Waals surface area (Å²) >= 11 is 0. The maximum atomic E-state index is 11.7. The molecule has 0 aromatic rings. The van der Waals surface area contributed by atoms with Crippen molar-refractivity contribution >= 4 is 6.09 Å². The van der Waals surface area contributed by atoms with Gasteiger partial charge in [0.05, 0.1) is 6.10 Å². The standard InChI is InChI=1S/C14H28N2O3/c1-5-11(16-13(17)19-14(2,3)4)9-15-10-12-7-6-8-18-12/h11-12,15H,5-10H2,1-4H3,(H,16,17). The lowest BCUT2D eigenvalue weighted by Crippen LogP contribution is -2.45. The first-order valence-electron chi connectivity index (χ1n) is 7.22. The fraction of sp³-hybridized carbons (Fsp3) is 0.929. The van der Waals surface area contributed by atoms with Crippen LogP contribution in [0, 0.1) is 0 Å². The molecule has 1 saturated heterocycles. The number of carbonyl (C=O) groups is 1. The molecule has 2 atom stereocenters. The topological polar surface area (TPSA) is 59.6 Å². The van der Waals surface area contributed by atoms with Crippen molar-refractivity contribution in [2.75, 3.05) is 19.7 Å². The van der Waals surface area contributed by atoms with E-state index in [1.165, 1.54) is 0 Å². The van der Waals surface area contributed by atoms with E-state index in [0.29, 0.717) is 6.10 Å². The lowest BCUT2D eigenvalue weighted by Gasteiger charge is -2.23. The van der Waals surface area contributed by atoms with Crippen molar-refractivity contribution in [3.05, 3.63) is 0 Å². The van der Waals surface area contributed by atoms with Crippen molar-refractivity contribution in [2.24, 2.45) is 0 Å². The molecule has 1 fully saturated rings. The van der Waals surface area contributed by atoms with Gasteiger partial charge in [-0.05, 0) is 40.0 Å². The van der Waals surface area contributed by atoms with E-state index in [-0.39, 0.29) is 12.1 Å². The molecule has 2 N–H and O–H groups in total. The zero-order chi connectivity index (χ0) is 14.3. The number of hydrogen-bond donors (Lipinski definition) is 2. The molecule has 5 heteroatoms. The van der Waals surface area contributed by atoms with E-state index in [0.717, 1.165) is 39.0 Å². The first-order chi connectivity index (χ1) is 8.90. The summed E-state index contributed by atoms with van der Waals surface area (Å²) in [4.78, 5) is 11.7. The van der Waals surface area contributed by atoms with Gasteiger partial charge in [0.2, 0.25) is 0 Å². The minimum absolute atomic E-state index is 0.0938. The van der Waals surface area contributed by atoms with Crippen molar-refractivity contribution < 1.29 is 14.3 Å². The number of nitrogens with one attached hydrogen (secondary N) is 2. The zero-order valence-electron chi connectivity index (χ0n) is 12.6. The average molecular weight is 272 g/mol. The lowest BCUT2D eigenvalue weighted by molar-refractivity contribution is 0.0501. The Bertz CT molecular complexity index is 270. The Kier molecular flexibility index (Phi) is 6.58. The second-order valence-corrected chi connectivity index (χ2v) is 6.04. The number of carbonyl (C=O) groups excluding carboxylic acids is 1. The van der Waals surface area contributed by atoms with Gasteiger partial charge in [-0.1, -0.05) is 6.92 Å². The summed E-state index contributed by atoms with van der Waals surface area (Å²) in [7, 11) is 0. The first-order valence-corrected chi connectivity index (χ1v) is 7.22. The third kappa shape index (κ3) is 7.38. The number of ether oxygens (including phenoxy) is 2. The molecule has 0 aromatic heterocycles. The summed E-state index contributed by atoms with van der Waals surface area (Å²) in [5.74, 6) is 0.